The number of nitrogens with zero attached hydrogens (tertiary/aromatic N) is 2. The van der Waals surface area contributed by atoms with Crippen LogP contribution in [0.5, 0.6) is 0 Å². The SMILES string of the molecule is CCN(C(=O)c1cc(NC2CCCC2)ccn1)c1cccc(C)c1. The van der Waals surface area contributed by atoms with Gasteiger partial charge in [-0.15, -0.1) is 0 Å². The maximum atomic E-state index is 12.9. The Morgan fingerprint density at radius 2 is 2.04 bits per heavy atom. The Bertz CT molecular complexity index is 708. The fraction of sp³-hybridized carbons (Fsp3) is 0.400. The first kappa shape index (κ1) is 16.5. The van der Waals surface area contributed by atoms with E-state index >= 15 is 0 Å². The molecule has 126 valence electrons. The molecule has 4 heteroatoms. The molecule has 3 rings (SSSR count). The van der Waals surface area contributed by atoms with Crippen molar-refractivity contribution < 1.29 is 4.79 Å². The molecule has 1 N–H and O–H groups in total. The average molecular weight is 323 g/mol. The molecule has 0 aliphatic heterocycles. The van der Waals surface area contributed by atoms with Gasteiger partial charge < -0.3 is 10.2 Å². The van der Waals surface area contributed by atoms with Crippen LogP contribution >= 0.6 is 0 Å². The van der Waals surface area contributed by atoms with Gasteiger partial charge in [0, 0.05) is 30.2 Å². The van der Waals surface area contributed by atoms with E-state index in [4.69, 9.17) is 0 Å². The van der Waals surface area contributed by atoms with Crippen LogP contribution in [-0.4, -0.2) is 23.5 Å². The lowest BCUT2D eigenvalue weighted by Gasteiger charge is -2.21. The molecule has 1 saturated carbocycles. The van der Waals surface area contributed by atoms with Crippen molar-refractivity contribution in [3.63, 3.8) is 0 Å². The minimum absolute atomic E-state index is 0.0572. The molecule has 24 heavy (non-hydrogen) atoms. The number of aromatic nitrogens is 1. The highest BCUT2D eigenvalue weighted by Crippen LogP contribution is 2.23. The molecular weight excluding hydrogens is 298 g/mol. The molecule has 0 bridgehead atoms. The Morgan fingerprint density at radius 3 is 2.75 bits per heavy atom. The number of amides is 1. The highest BCUT2D eigenvalue weighted by Gasteiger charge is 2.19. The predicted molar refractivity (Wildman–Crippen MR) is 98.6 cm³/mol. The van der Waals surface area contributed by atoms with Gasteiger partial charge in [0.25, 0.3) is 5.91 Å². The van der Waals surface area contributed by atoms with Gasteiger partial charge in [-0.3, -0.25) is 9.78 Å². The summed E-state index contributed by atoms with van der Waals surface area (Å²) in [6.45, 7) is 4.64. The maximum absolute atomic E-state index is 12.9. The third-order valence-electron chi connectivity index (χ3n) is 4.58. The first-order chi connectivity index (χ1) is 11.7. The van der Waals surface area contributed by atoms with Crippen LogP contribution in [0.2, 0.25) is 0 Å². The normalized spacial score (nSPS) is 14.6. The van der Waals surface area contributed by atoms with Gasteiger partial charge in [0.15, 0.2) is 0 Å². The largest absolute Gasteiger partial charge is 0.382 e. The summed E-state index contributed by atoms with van der Waals surface area (Å²) in [5, 5.41) is 3.53. The first-order valence-corrected chi connectivity index (χ1v) is 8.78. The van der Waals surface area contributed by atoms with Crippen LogP contribution in [0.15, 0.2) is 42.6 Å². The summed E-state index contributed by atoms with van der Waals surface area (Å²) >= 11 is 0. The summed E-state index contributed by atoms with van der Waals surface area (Å²) in [6, 6.07) is 12.3. The second-order valence-electron chi connectivity index (χ2n) is 6.44. The number of carbonyl (C=O) groups excluding carboxylic acids is 1. The fourth-order valence-electron chi connectivity index (χ4n) is 3.32. The molecule has 0 radical (unpaired) electrons. The zero-order valence-electron chi connectivity index (χ0n) is 14.5. The van der Waals surface area contributed by atoms with Gasteiger partial charge in [-0.25, -0.2) is 0 Å². The van der Waals surface area contributed by atoms with E-state index in [9.17, 15) is 4.79 Å². The lowest BCUT2D eigenvalue weighted by molar-refractivity contribution is 0.0983. The number of nitrogens with one attached hydrogen (secondary N) is 1. The summed E-state index contributed by atoms with van der Waals surface area (Å²) in [5.41, 5.74) is 3.53. The molecule has 0 saturated heterocycles. The van der Waals surface area contributed by atoms with Gasteiger partial charge >= 0.3 is 0 Å². The minimum Gasteiger partial charge on any atom is -0.382 e. The zero-order valence-corrected chi connectivity index (χ0v) is 14.5. The van der Waals surface area contributed by atoms with Crippen LogP contribution in [0.4, 0.5) is 11.4 Å². The average Bonchev–Trinajstić information content (AvgIpc) is 3.09. The first-order valence-electron chi connectivity index (χ1n) is 8.78. The standard InChI is InChI=1S/C20H25N3O/c1-3-23(18-10-6-7-15(2)13-18)20(24)19-14-17(11-12-21-19)22-16-8-4-5-9-16/h6-7,10-14,16H,3-5,8-9H2,1-2H3,(H,21,22). The van der Waals surface area contributed by atoms with Crippen molar-refractivity contribution >= 4 is 17.3 Å². The summed E-state index contributed by atoms with van der Waals surface area (Å²) in [7, 11) is 0. The number of rotatable bonds is 5. The van der Waals surface area contributed by atoms with E-state index in [1.54, 1.807) is 11.1 Å². The lowest BCUT2D eigenvalue weighted by Crippen LogP contribution is -2.31. The molecule has 0 unspecified atom stereocenters. The second kappa shape index (κ2) is 7.47. The molecule has 1 aliphatic carbocycles. The lowest BCUT2D eigenvalue weighted by atomic mass is 10.2. The molecule has 1 amide bonds. The van der Waals surface area contributed by atoms with Crippen LogP contribution in [-0.2, 0) is 0 Å². The van der Waals surface area contributed by atoms with Crippen LogP contribution in [0.1, 0.15) is 48.7 Å². The van der Waals surface area contributed by atoms with E-state index in [0.29, 0.717) is 18.3 Å². The van der Waals surface area contributed by atoms with Gasteiger partial charge in [0.2, 0.25) is 0 Å². The summed E-state index contributed by atoms with van der Waals surface area (Å²) < 4.78 is 0. The highest BCUT2D eigenvalue weighted by atomic mass is 16.2. The van der Waals surface area contributed by atoms with Gasteiger partial charge in [0.05, 0.1) is 0 Å². The number of hydrogen-bond donors (Lipinski definition) is 1. The summed E-state index contributed by atoms with van der Waals surface area (Å²) in [4.78, 5) is 19.0. The molecule has 1 aromatic carbocycles. The van der Waals surface area contributed by atoms with Gasteiger partial charge in [0.1, 0.15) is 5.69 Å². The zero-order chi connectivity index (χ0) is 16.9. The van der Waals surface area contributed by atoms with Crippen LogP contribution in [0.3, 0.4) is 0 Å². The molecule has 2 aromatic rings. The number of hydrogen-bond acceptors (Lipinski definition) is 3. The van der Waals surface area contributed by atoms with E-state index < -0.39 is 0 Å². The van der Waals surface area contributed by atoms with E-state index in [0.717, 1.165) is 16.9 Å². The fourth-order valence-corrected chi connectivity index (χ4v) is 3.32. The molecular formula is C20H25N3O. The number of carbonyl (C=O) groups is 1. The van der Waals surface area contributed by atoms with Crippen molar-refractivity contribution in [3.8, 4) is 0 Å². The van der Waals surface area contributed by atoms with Crippen molar-refractivity contribution in [3.05, 3.63) is 53.9 Å². The third-order valence-corrected chi connectivity index (χ3v) is 4.58. The Hall–Kier alpha value is -2.36. The molecule has 1 fully saturated rings. The van der Waals surface area contributed by atoms with E-state index in [-0.39, 0.29) is 5.91 Å². The topological polar surface area (TPSA) is 45.2 Å². The summed E-state index contributed by atoms with van der Waals surface area (Å²) in [5.74, 6) is -0.0572. The third kappa shape index (κ3) is 3.75. The molecule has 0 atom stereocenters. The maximum Gasteiger partial charge on any atom is 0.276 e. The molecule has 1 heterocycles. The predicted octanol–water partition coefficient (Wildman–Crippen LogP) is 4.41. The number of benzene rings is 1. The Balaban J connectivity index is 1.80. The van der Waals surface area contributed by atoms with Crippen LogP contribution in [0.25, 0.3) is 0 Å². The van der Waals surface area contributed by atoms with Gasteiger partial charge in [-0.05, 0) is 56.5 Å². The number of aryl methyl sites for hydroxylation is 1. The quantitative estimate of drug-likeness (QED) is 0.886. The number of pyridine rings is 1. The second-order valence-corrected chi connectivity index (χ2v) is 6.44. The molecule has 1 aliphatic rings. The van der Waals surface area contributed by atoms with E-state index in [1.807, 2.05) is 50.2 Å². The summed E-state index contributed by atoms with van der Waals surface area (Å²) in [6.07, 6.45) is 6.69. The molecule has 1 aromatic heterocycles. The Morgan fingerprint density at radius 1 is 1.25 bits per heavy atom. The van der Waals surface area contributed by atoms with Crippen molar-refractivity contribution in [2.24, 2.45) is 0 Å². The smallest absolute Gasteiger partial charge is 0.276 e. The van der Waals surface area contributed by atoms with Crippen LogP contribution < -0.4 is 10.2 Å². The van der Waals surface area contributed by atoms with Crippen LogP contribution in [0, 0.1) is 6.92 Å². The molecule has 0 spiro atoms. The van der Waals surface area contributed by atoms with Gasteiger partial charge in [-0.1, -0.05) is 25.0 Å². The van der Waals surface area contributed by atoms with Crippen molar-refractivity contribution in [1.82, 2.24) is 4.98 Å². The van der Waals surface area contributed by atoms with Crippen molar-refractivity contribution in [2.45, 2.75) is 45.6 Å². The monoisotopic (exact) mass is 323 g/mol. The van der Waals surface area contributed by atoms with Gasteiger partial charge in [-0.2, -0.15) is 0 Å². The van der Waals surface area contributed by atoms with E-state index in [2.05, 4.69) is 10.3 Å². The molecule has 4 nitrogen and oxygen atoms in total. The van der Waals surface area contributed by atoms with E-state index in [1.165, 1.54) is 25.7 Å². The minimum atomic E-state index is -0.0572. The number of anilines is 2. The highest BCUT2D eigenvalue weighted by molar-refractivity contribution is 6.05. The van der Waals surface area contributed by atoms with Crippen molar-refractivity contribution in [1.29, 1.82) is 0 Å². The Kier molecular flexibility index (Phi) is 5.14. The Labute approximate surface area is 143 Å². The van der Waals surface area contributed by atoms with Crippen molar-refractivity contribution in [2.75, 3.05) is 16.8 Å².